The van der Waals surface area contributed by atoms with Gasteiger partial charge in [0.1, 0.15) is 5.54 Å². The Balaban J connectivity index is 2.15. The van der Waals surface area contributed by atoms with Gasteiger partial charge in [0.05, 0.1) is 23.5 Å². The third-order valence-corrected chi connectivity index (χ3v) is 4.13. The lowest BCUT2D eigenvalue weighted by Crippen LogP contribution is -2.45. The Morgan fingerprint density at radius 3 is 2.59 bits per heavy atom. The van der Waals surface area contributed by atoms with Crippen LogP contribution in [0.1, 0.15) is 45.0 Å². The minimum absolute atomic E-state index is 0.122. The van der Waals surface area contributed by atoms with Crippen molar-refractivity contribution in [1.82, 2.24) is 24.9 Å². The molecule has 0 saturated heterocycles. The second-order valence-electron chi connectivity index (χ2n) is 5.86. The second-order valence-corrected chi connectivity index (χ2v) is 6.29. The molecule has 2 aromatic heterocycles. The van der Waals surface area contributed by atoms with Crippen molar-refractivity contribution in [1.29, 1.82) is 0 Å². The van der Waals surface area contributed by atoms with Gasteiger partial charge in [-0.2, -0.15) is 10.2 Å². The first-order valence-corrected chi connectivity index (χ1v) is 7.69. The molecule has 1 amide bonds. The Bertz CT molecular complexity index is 673. The van der Waals surface area contributed by atoms with E-state index in [9.17, 15) is 4.79 Å². The van der Waals surface area contributed by atoms with Gasteiger partial charge < -0.3 is 5.32 Å². The molecule has 0 saturated carbocycles. The highest BCUT2D eigenvalue weighted by Gasteiger charge is 2.32. The van der Waals surface area contributed by atoms with Gasteiger partial charge in [-0.1, -0.05) is 11.6 Å². The molecule has 1 atom stereocenters. The Hall–Kier alpha value is -1.82. The van der Waals surface area contributed by atoms with Crippen molar-refractivity contribution in [3.05, 3.63) is 34.9 Å². The van der Waals surface area contributed by atoms with Crippen molar-refractivity contribution < 1.29 is 4.79 Å². The molecule has 0 aliphatic carbocycles. The summed E-state index contributed by atoms with van der Waals surface area (Å²) in [5, 5.41) is 12.0. The third kappa shape index (κ3) is 3.02. The Morgan fingerprint density at radius 1 is 1.41 bits per heavy atom. The summed E-state index contributed by atoms with van der Waals surface area (Å²) in [6.45, 7) is 10.4. The molecule has 0 aliphatic rings. The van der Waals surface area contributed by atoms with Crippen molar-refractivity contribution in [2.45, 2.75) is 52.7 Å². The fraction of sp³-hybridized carbons (Fsp3) is 0.533. The smallest absolute Gasteiger partial charge is 0.247 e. The number of aromatic nitrogens is 4. The number of carbonyl (C=O) groups is 1. The summed E-state index contributed by atoms with van der Waals surface area (Å²) in [7, 11) is 0. The molecule has 7 heteroatoms. The van der Waals surface area contributed by atoms with E-state index in [4.69, 9.17) is 11.6 Å². The first-order valence-electron chi connectivity index (χ1n) is 7.31. The standard InChI is InChI=1S/C15H22ClN5O/c1-6-20-11(3)13(8-17-20)10(2)19-14(22)15(4,5)21-9-12(16)7-18-21/h7-10H,6H2,1-5H3,(H,19,22). The average molecular weight is 324 g/mol. The van der Waals surface area contributed by atoms with Crippen LogP contribution >= 0.6 is 11.6 Å². The number of nitrogens with one attached hydrogen (secondary N) is 1. The molecule has 0 spiro atoms. The van der Waals surface area contributed by atoms with Gasteiger partial charge in [0.15, 0.2) is 0 Å². The minimum atomic E-state index is -0.823. The summed E-state index contributed by atoms with van der Waals surface area (Å²) in [5.41, 5.74) is 1.26. The number of amides is 1. The zero-order valence-corrected chi connectivity index (χ0v) is 14.3. The normalized spacial score (nSPS) is 13.2. The Morgan fingerprint density at radius 2 is 2.09 bits per heavy atom. The number of halogens is 1. The van der Waals surface area contributed by atoms with E-state index < -0.39 is 5.54 Å². The van der Waals surface area contributed by atoms with Gasteiger partial charge in [0.2, 0.25) is 5.91 Å². The van der Waals surface area contributed by atoms with E-state index in [2.05, 4.69) is 15.5 Å². The highest BCUT2D eigenvalue weighted by atomic mass is 35.5. The number of rotatable bonds is 5. The van der Waals surface area contributed by atoms with Crippen molar-refractivity contribution in [3.63, 3.8) is 0 Å². The molecule has 2 aromatic rings. The quantitative estimate of drug-likeness (QED) is 0.920. The molecule has 2 heterocycles. The molecule has 1 N–H and O–H groups in total. The zero-order chi connectivity index (χ0) is 16.5. The second kappa shape index (κ2) is 6.12. The van der Waals surface area contributed by atoms with E-state index in [0.717, 1.165) is 17.8 Å². The van der Waals surface area contributed by atoms with Crippen LogP contribution in [0, 0.1) is 6.92 Å². The van der Waals surface area contributed by atoms with Gasteiger partial charge in [-0.15, -0.1) is 0 Å². The number of aryl methyl sites for hydroxylation is 1. The van der Waals surface area contributed by atoms with Crippen LogP contribution in [0.2, 0.25) is 5.02 Å². The fourth-order valence-corrected chi connectivity index (χ4v) is 2.50. The van der Waals surface area contributed by atoms with Crippen LogP contribution in [0.3, 0.4) is 0 Å². The maximum atomic E-state index is 12.6. The van der Waals surface area contributed by atoms with Gasteiger partial charge in [0, 0.05) is 24.0 Å². The molecular formula is C15H22ClN5O. The van der Waals surface area contributed by atoms with Gasteiger partial charge in [-0.3, -0.25) is 14.2 Å². The van der Waals surface area contributed by atoms with Crippen LogP contribution in [0.5, 0.6) is 0 Å². The third-order valence-electron chi connectivity index (χ3n) is 3.93. The van der Waals surface area contributed by atoms with Crippen molar-refractivity contribution in [2.24, 2.45) is 0 Å². The van der Waals surface area contributed by atoms with Crippen LogP contribution in [0.25, 0.3) is 0 Å². The molecule has 6 nitrogen and oxygen atoms in total. The summed E-state index contributed by atoms with van der Waals surface area (Å²) in [6.07, 6.45) is 4.98. The van der Waals surface area contributed by atoms with Gasteiger partial charge in [0.25, 0.3) is 0 Å². The topological polar surface area (TPSA) is 64.7 Å². The highest BCUT2D eigenvalue weighted by molar-refractivity contribution is 6.30. The number of hydrogen-bond donors (Lipinski definition) is 1. The predicted molar refractivity (Wildman–Crippen MR) is 85.8 cm³/mol. The fourth-order valence-electron chi connectivity index (χ4n) is 2.37. The predicted octanol–water partition coefficient (Wildman–Crippen LogP) is 2.67. The largest absolute Gasteiger partial charge is 0.347 e. The van der Waals surface area contributed by atoms with E-state index in [0.29, 0.717) is 5.02 Å². The lowest BCUT2D eigenvalue weighted by Gasteiger charge is -2.26. The number of carbonyl (C=O) groups excluding carboxylic acids is 1. The van der Waals surface area contributed by atoms with Gasteiger partial charge in [-0.05, 0) is 34.6 Å². The van der Waals surface area contributed by atoms with E-state index in [1.54, 1.807) is 24.7 Å². The van der Waals surface area contributed by atoms with Gasteiger partial charge >= 0.3 is 0 Å². The van der Waals surface area contributed by atoms with Crippen LogP contribution in [0.15, 0.2) is 18.6 Å². The summed E-state index contributed by atoms with van der Waals surface area (Å²) in [4.78, 5) is 12.6. The zero-order valence-electron chi connectivity index (χ0n) is 13.6. The molecule has 120 valence electrons. The first kappa shape index (κ1) is 16.5. The highest BCUT2D eigenvalue weighted by Crippen LogP contribution is 2.21. The summed E-state index contributed by atoms with van der Waals surface area (Å²) in [6, 6.07) is -0.127. The summed E-state index contributed by atoms with van der Waals surface area (Å²) in [5.74, 6) is -0.122. The molecule has 0 aromatic carbocycles. The lowest BCUT2D eigenvalue weighted by molar-refractivity contribution is -0.129. The summed E-state index contributed by atoms with van der Waals surface area (Å²) < 4.78 is 3.48. The van der Waals surface area contributed by atoms with Crippen molar-refractivity contribution >= 4 is 17.5 Å². The maximum Gasteiger partial charge on any atom is 0.247 e. The van der Waals surface area contributed by atoms with Crippen LogP contribution in [-0.4, -0.2) is 25.5 Å². The average Bonchev–Trinajstić information content (AvgIpc) is 3.04. The molecule has 0 radical (unpaired) electrons. The molecular weight excluding hydrogens is 302 g/mol. The van der Waals surface area contributed by atoms with Crippen molar-refractivity contribution in [3.8, 4) is 0 Å². The molecule has 0 bridgehead atoms. The Labute approximate surface area is 135 Å². The molecule has 0 fully saturated rings. The summed E-state index contributed by atoms with van der Waals surface area (Å²) >= 11 is 5.89. The van der Waals surface area contributed by atoms with E-state index in [1.807, 2.05) is 31.6 Å². The van der Waals surface area contributed by atoms with E-state index >= 15 is 0 Å². The lowest BCUT2D eigenvalue weighted by atomic mass is 10.0. The van der Waals surface area contributed by atoms with Crippen LogP contribution < -0.4 is 5.32 Å². The molecule has 0 aliphatic heterocycles. The number of nitrogens with zero attached hydrogens (tertiary/aromatic N) is 4. The molecule has 1 unspecified atom stereocenters. The SMILES string of the molecule is CCn1ncc(C(C)NC(=O)C(C)(C)n2cc(Cl)cn2)c1C. The molecule has 2 rings (SSSR count). The Kier molecular flexibility index (Phi) is 4.60. The van der Waals surface area contributed by atoms with E-state index in [1.165, 1.54) is 6.20 Å². The molecule has 22 heavy (non-hydrogen) atoms. The first-order chi connectivity index (χ1) is 10.3. The van der Waals surface area contributed by atoms with E-state index in [-0.39, 0.29) is 11.9 Å². The van der Waals surface area contributed by atoms with Crippen LogP contribution in [-0.2, 0) is 16.9 Å². The van der Waals surface area contributed by atoms with Gasteiger partial charge in [-0.25, -0.2) is 0 Å². The van der Waals surface area contributed by atoms with Crippen LogP contribution in [0.4, 0.5) is 0 Å². The minimum Gasteiger partial charge on any atom is -0.347 e. The van der Waals surface area contributed by atoms with Crippen molar-refractivity contribution in [2.75, 3.05) is 0 Å². The maximum absolute atomic E-state index is 12.6. The monoisotopic (exact) mass is 323 g/mol. The number of hydrogen-bond acceptors (Lipinski definition) is 3.